The SMILES string of the molecule is O=S(=O)(CCN1CCOc2ccccc2C1)c1cc(Cl)ccc1Cl. The second kappa shape index (κ2) is 7.31. The van der Waals surface area contributed by atoms with Gasteiger partial charge in [-0.05, 0) is 24.3 Å². The molecule has 0 aliphatic carbocycles. The minimum atomic E-state index is -3.50. The lowest BCUT2D eigenvalue weighted by Gasteiger charge is -2.19. The van der Waals surface area contributed by atoms with Crippen LogP contribution in [-0.2, 0) is 16.4 Å². The van der Waals surface area contributed by atoms with E-state index in [1.165, 1.54) is 12.1 Å². The zero-order chi connectivity index (χ0) is 17.2. The number of fused-ring (bicyclic) bond motifs is 1. The van der Waals surface area contributed by atoms with E-state index in [4.69, 9.17) is 27.9 Å². The maximum Gasteiger partial charge on any atom is 0.181 e. The molecule has 1 heterocycles. The molecule has 2 aromatic carbocycles. The molecule has 4 nitrogen and oxygen atoms in total. The van der Waals surface area contributed by atoms with Crippen molar-refractivity contribution in [3.05, 3.63) is 58.1 Å². The highest BCUT2D eigenvalue weighted by Crippen LogP contribution is 2.27. The molecule has 1 aliphatic heterocycles. The van der Waals surface area contributed by atoms with Gasteiger partial charge in [-0.1, -0.05) is 41.4 Å². The van der Waals surface area contributed by atoms with Gasteiger partial charge in [0.2, 0.25) is 0 Å². The van der Waals surface area contributed by atoms with Crippen molar-refractivity contribution in [1.29, 1.82) is 0 Å². The summed E-state index contributed by atoms with van der Waals surface area (Å²) in [5.74, 6) is 0.843. The Morgan fingerprint density at radius 3 is 2.75 bits per heavy atom. The molecule has 0 bridgehead atoms. The molecule has 0 saturated heterocycles. The van der Waals surface area contributed by atoms with Crippen LogP contribution in [-0.4, -0.2) is 38.8 Å². The average molecular weight is 386 g/mol. The van der Waals surface area contributed by atoms with Crippen molar-refractivity contribution in [2.75, 3.05) is 25.4 Å². The summed E-state index contributed by atoms with van der Waals surface area (Å²) in [6, 6.07) is 12.3. The Bertz CT molecular complexity index is 839. The molecule has 3 rings (SSSR count). The van der Waals surface area contributed by atoms with E-state index in [-0.39, 0.29) is 15.7 Å². The third-order valence-electron chi connectivity index (χ3n) is 3.94. The van der Waals surface area contributed by atoms with Crippen molar-refractivity contribution in [1.82, 2.24) is 4.90 Å². The van der Waals surface area contributed by atoms with Gasteiger partial charge in [0, 0.05) is 30.2 Å². The zero-order valence-corrected chi connectivity index (χ0v) is 15.2. The van der Waals surface area contributed by atoms with Crippen molar-refractivity contribution < 1.29 is 13.2 Å². The average Bonchev–Trinajstić information content (AvgIpc) is 2.77. The molecule has 128 valence electrons. The van der Waals surface area contributed by atoms with E-state index in [2.05, 4.69) is 4.90 Å². The lowest BCUT2D eigenvalue weighted by Crippen LogP contribution is -2.31. The summed E-state index contributed by atoms with van der Waals surface area (Å²) in [6.45, 7) is 2.28. The van der Waals surface area contributed by atoms with Gasteiger partial charge in [-0.25, -0.2) is 8.42 Å². The molecule has 0 spiro atoms. The van der Waals surface area contributed by atoms with E-state index in [9.17, 15) is 8.42 Å². The molecule has 0 N–H and O–H groups in total. The van der Waals surface area contributed by atoms with Crippen molar-refractivity contribution in [2.24, 2.45) is 0 Å². The van der Waals surface area contributed by atoms with Gasteiger partial charge in [0.1, 0.15) is 12.4 Å². The Balaban J connectivity index is 1.72. The first kappa shape index (κ1) is 17.5. The second-order valence-electron chi connectivity index (χ2n) is 5.63. The van der Waals surface area contributed by atoms with Crippen molar-refractivity contribution in [3.8, 4) is 5.75 Å². The summed E-state index contributed by atoms with van der Waals surface area (Å²) in [5.41, 5.74) is 1.06. The zero-order valence-electron chi connectivity index (χ0n) is 12.9. The van der Waals surface area contributed by atoms with Crippen LogP contribution < -0.4 is 4.74 Å². The summed E-state index contributed by atoms with van der Waals surface area (Å²) >= 11 is 11.9. The molecule has 0 amide bonds. The summed E-state index contributed by atoms with van der Waals surface area (Å²) < 4.78 is 30.9. The van der Waals surface area contributed by atoms with Gasteiger partial charge in [0.25, 0.3) is 0 Å². The number of benzene rings is 2. The van der Waals surface area contributed by atoms with Gasteiger partial charge in [0.05, 0.1) is 15.7 Å². The Morgan fingerprint density at radius 1 is 1.12 bits per heavy atom. The van der Waals surface area contributed by atoms with Crippen LogP contribution in [0.3, 0.4) is 0 Å². The van der Waals surface area contributed by atoms with Crippen molar-refractivity contribution >= 4 is 33.0 Å². The predicted molar refractivity (Wildman–Crippen MR) is 95.7 cm³/mol. The smallest absolute Gasteiger partial charge is 0.181 e. The quantitative estimate of drug-likeness (QED) is 0.805. The molecule has 2 aromatic rings. The first-order valence-corrected chi connectivity index (χ1v) is 9.97. The minimum absolute atomic E-state index is 0.0186. The number of hydrogen-bond acceptors (Lipinski definition) is 4. The van der Waals surface area contributed by atoms with Gasteiger partial charge >= 0.3 is 0 Å². The molecular formula is C17H17Cl2NO3S. The molecule has 0 saturated carbocycles. The topological polar surface area (TPSA) is 46.6 Å². The molecule has 7 heteroatoms. The molecular weight excluding hydrogens is 369 g/mol. The number of halogens is 2. The molecule has 0 radical (unpaired) electrons. The number of ether oxygens (including phenoxy) is 1. The molecule has 24 heavy (non-hydrogen) atoms. The number of nitrogens with zero attached hydrogens (tertiary/aromatic N) is 1. The van der Waals surface area contributed by atoms with Crippen molar-refractivity contribution in [2.45, 2.75) is 11.4 Å². The lowest BCUT2D eigenvalue weighted by molar-refractivity contribution is 0.235. The van der Waals surface area contributed by atoms with Crippen LogP contribution in [0.4, 0.5) is 0 Å². The number of sulfone groups is 1. The highest BCUT2D eigenvalue weighted by Gasteiger charge is 2.21. The molecule has 0 unspecified atom stereocenters. The predicted octanol–water partition coefficient (Wildman–Crippen LogP) is 3.66. The van der Waals surface area contributed by atoms with E-state index < -0.39 is 9.84 Å². The Labute approximate surface area is 151 Å². The van der Waals surface area contributed by atoms with Crippen LogP contribution >= 0.6 is 23.2 Å². The fourth-order valence-electron chi connectivity index (χ4n) is 2.65. The molecule has 0 atom stereocenters. The molecule has 0 fully saturated rings. The standard InChI is InChI=1S/C17H17Cl2NO3S/c18-14-5-6-15(19)17(11-14)24(21,22)10-8-20-7-9-23-16-4-2-1-3-13(16)12-20/h1-6,11H,7-10,12H2. The van der Waals surface area contributed by atoms with Crippen molar-refractivity contribution in [3.63, 3.8) is 0 Å². The maximum atomic E-state index is 12.6. The molecule has 0 aromatic heterocycles. The second-order valence-corrected chi connectivity index (χ2v) is 8.55. The highest BCUT2D eigenvalue weighted by atomic mass is 35.5. The van der Waals surface area contributed by atoms with Crippen LogP contribution in [0, 0.1) is 0 Å². The van der Waals surface area contributed by atoms with Crippen LogP contribution in [0.25, 0.3) is 0 Å². The number of para-hydroxylation sites is 1. The van der Waals surface area contributed by atoms with Gasteiger partial charge in [-0.2, -0.15) is 0 Å². The van der Waals surface area contributed by atoms with Gasteiger partial charge in [-0.3, -0.25) is 4.90 Å². The Hall–Kier alpha value is -1.27. The fourth-order valence-corrected chi connectivity index (χ4v) is 4.74. The summed E-state index contributed by atoms with van der Waals surface area (Å²) in [6.07, 6.45) is 0. The van der Waals surface area contributed by atoms with Crippen LogP contribution in [0.1, 0.15) is 5.56 Å². The minimum Gasteiger partial charge on any atom is -0.492 e. The third-order valence-corrected chi connectivity index (χ3v) is 6.34. The fraction of sp³-hybridized carbons (Fsp3) is 0.294. The van der Waals surface area contributed by atoms with Crippen LogP contribution in [0.5, 0.6) is 5.75 Å². The van der Waals surface area contributed by atoms with E-state index >= 15 is 0 Å². The van der Waals surface area contributed by atoms with Gasteiger partial charge in [0.15, 0.2) is 9.84 Å². The van der Waals surface area contributed by atoms with E-state index in [1.807, 2.05) is 24.3 Å². The third kappa shape index (κ3) is 4.03. The largest absolute Gasteiger partial charge is 0.492 e. The first-order chi connectivity index (χ1) is 11.5. The van der Waals surface area contributed by atoms with E-state index in [0.717, 1.165) is 11.3 Å². The first-order valence-electron chi connectivity index (χ1n) is 7.56. The monoisotopic (exact) mass is 385 g/mol. The van der Waals surface area contributed by atoms with Gasteiger partial charge < -0.3 is 4.74 Å². The van der Waals surface area contributed by atoms with E-state index in [1.54, 1.807) is 6.07 Å². The van der Waals surface area contributed by atoms with Gasteiger partial charge in [-0.15, -0.1) is 0 Å². The Kier molecular flexibility index (Phi) is 5.35. The maximum absolute atomic E-state index is 12.6. The van der Waals surface area contributed by atoms with Crippen LogP contribution in [0.15, 0.2) is 47.4 Å². The summed E-state index contributed by atoms with van der Waals surface area (Å²) in [5, 5.41) is 0.555. The van der Waals surface area contributed by atoms with E-state index in [0.29, 0.717) is 31.3 Å². The Morgan fingerprint density at radius 2 is 1.92 bits per heavy atom. The summed E-state index contributed by atoms with van der Waals surface area (Å²) in [7, 11) is -3.50. The normalized spacial score (nSPS) is 15.4. The highest BCUT2D eigenvalue weighted by molar-refractivity contribution is 7.91. The summed E-state index contributed by atoms with van der Waals surface area (Å²) in [4.78, 5) is 2.16. The molecule has 1 aliphatic rings. The number of hydrogen-bond donors (Lipinski definition) is 0. The number of rotatable bonds is 4. The lowest BCUT2D eigenvalue weighted by atomic mass is 10.2. The van der Waals surface area contributed by atoms with Crippen LogP contribution in [0.2, 0.25) is 10.0 Å².